The Morgan fingerprint density at radius 1 is 1.29 bits per heavy atom. The second kappa shape index (κ2) is 5.23. The van der Waals surface area contributed by atoms with Crippen LogP contribution in [-0.4, -0.2) is 17.6 Å². The van der Waals surface area contributed by atoms with E-state index in [1.165, 1.54) is 24.3 Å². The molecule has 1 aromatic carbocycles. The summed E-state index contributed by atoms with van der Waals surface area (Å²) in [6.07, 6.45) is -3.66. The fourth-order valence-electron chi connectivity index (χ4n) is 1.38. The zero-order chi connectivity index (χ0) is 13.1. The Kier molecular flexibility index (Phi) is 4.17. The molecule has 1 unspecified atom stereocenters. The van der Waals surface area contributed by atoms with Crippen molar-refractivity contribution in [3.8, 4) is 5.75 Å². The SMILES string of the molecule is C/C(=C/C(C)O)c1ccc(OC(F)(F)F)cc1. The van der Waals surface area contributed by atoms with Crippen molar-refractivity contribution < 1.29 is 23.0 Å². The van der Waals surface area contributed by atoms with Gasteiger partial charge in [0.25, 0.3) is 0 Å². The topological polar surface area (TPSA) is 29.5 Å². The monoisotopic (exact) mass is 246 g/mol. The summed E-state index contributed by atoms with van der Waals surface area (Å²) in [6.45, 7) is 3.37. The van der Waals surface area contributed by atoms with Crippen LogP contribution in [0.3, 0.4) is 0 Å². The molecule has 0 fully saturated rings. The largest absolute Gasteiger partial charge is 0.573 e. The van der Waals surface area contributed by atoms with Gasteiger partial charge in [-0.25, -0.2) is 0 Å². The van der Waals surface area contributed by atoms with Crippen LogP contribution in [-0.2, 0) is 0 Å². The number of ether oxygens (including phenoxy) is 1. The quantitative estimate of drug-likeness (QED) is 0.886. The number of hydrogen-bond donors (Lipinski definition) is 1. The van der Waals surface area contributed by atoms with Crippen molar-refractivity contribution in [1.82, 2.24) is 0 Å². The molecular weight excluding hydrogens is 233 g/mol. The van der Waals surface area contributed by atoms with Crippen LogP contribution in [0.2, 0.25) is 0 Å². The van der Waals surface area contributed by atoms with Crippen LogP contribution < -0.4 is 4.74 Å². The highest BCUT2D eigenvalue weighted by molar-refractivity contribution is 5.64. The van der Waals surface area contributed by atoms with E-state index in [0.717, 1.165) is 11.1 Å². The van der Waals surface area contributed by atoms with Gasteiger partial charge in [0, 0.05) is 0 Å². The molecule has 5 heteroatoms. The maximum atomic E-state index is 11.9. The minimum absolute atomic E-state index is 0.258. The Labute approximate surface area is 97.3 Å². The second-order valence-electron chi connectivity index (χ2n) is 3.66. The standard InChI is InChI=1S/C12H13F3O2/c1-8(7-9(2)16)10-3-5-11(6-4-10)17-12(13,14)15/h3-7,9,16H,1-2H3/b8-7-. The van der Waals surface area contributed by atoms with E-state index >= 15 is 0 Å². The van der Waals surface area contributed by atoms with Gasteiger partial charge in [0.05, 0.1) is 6.10 Å². The van der Waals surface area contributed by atoms with Crippen molar-refractivity contribution >= 4 is 5.57 Å². The number of aliphatic hydroxyl groups excluding tert-OH is 1. The second-order valence-corrected chi connectivity index (χ2v) is 3.66. The van der Waals surface area contributed by atoms with Crippen LogP contribution in [0.25, 0.3) is 5.57 Å². The predicted octanol–water partition coefficient (Wildman–Crippen LogP) is 3.37. The number of halogens is 3. The summed E-state index contributed by atoms with van der Waals surface area (Å²) >= 11 is 0. The van der Waals surface area contributed by atoms with Gasteiger partial charge in [0.15, 0.2) is 0 Å². The summed E-state index contributed by atoms with van der Waals surface area (Å²) in [7, 11) is 0. The summed E-state index contributed by atoms with van der Waals surface area (Å²) in [5, 5.41) is 9.14. The Balaban J connectivity index is 2.82. The fourth-order valence-corrected chi connectivity index (χ4v) is 1.38. The van der Waals surface area contributed by atoms with Crippen molar-refractivity contribution in [3.63, 3.8) is 0 Å². The molecule has 0 amide bonds. The zero-order valence-electron chi connectivity index (χ0n) is 9.45. The predicted molar refractivity (Wildman–Crippen MR) is 58.5 cm³/mol. The highest BCUT2D eigenvalue weighted by Crippen LogP contribution is 2.24. The summed E-state index contributed by atoms with van der Waals surface area (Å²) in [6, 6.07) is 5.50. The molecule has 2 nitrogen and oxygen atoms in total. The van der Waals surface area contributed by atoms with Crippen molar-refractivity contribution in [3.05, 3.63) is 35.9 Å². The number of benzene rings is 1. The molecule has 94 valence electrons. The van der Waals surface area contributed by atoms with E-state index in [4.69, 9.17) is 5.11 Å². The van der Waals surface area contributed by atoms with Gasteiger partial charge in [-0.1, -0.05) is 18.2 Å². The lowest BCUT2D eigenvalue weighted by atomic mass is 10.1. The molecule has 0 heterocycles. The molecule has 1 atom stereocenters. The van der Waals surface area contributed by atoms with Gasteiger partial charge in [-0.05, 0) is 37.1 Å². The molecule has 0 aromatic heterocycles. The zero-order valence-corrected chi connectivity index (χ0v) is 9.45. The summed E-state index contributed by atoms with van der Waals surface area (Å²) in [5.41, 5.74) is 1.53. The number of alkyl halides is 3. The highest BCUT2D eigenvalue weighted by Gasteiger charge is 2.30. The molecule has 0 bridgehead atoms. The fraction of sp³-hybridized carbons (Fsp3) is 0.333. The molecule has 17 heavy (non-hydrogen) atoms. The first kappa shape index (κ1) is 13.6. The number of allylic oxidation sites excluding steroid dienone is 1. The molecule has 0 aliphatic rings. The van der Waals surface area contributed by atoms with E-state index in [1.54, 1.807) is 19.9 Å². The molecule has 0 saturated carbocycles. The molecule has 0 saturated heterocycles. The lowest BCUT2D eigenvalue weighted by Crippen LogP contribution is -2.16. The van der Waals surface area contributed by atoms with Crippen LogP contribution >= 0.6 is 0 Å². The maximum Gasteiger partial charge on any atom is 0.573 e. The normalized spacial score (nSPS) is 14.6. The summed E-state index contributed by atoms with van der Waals surface area (Å²) in [4.78, 5) is 0. The lowest BCUT2D eigenvalue weighted by molar-refractivity contribution is -0.274. The Bertz CT molecular complexity index is 391. The minimum atomic E-state index is -4.67. The maximum absolute atomic E-state index is 11.9. The molecule has 0 spiro atoms. The molecule has 0 aliphatic carbocycles. The van der Waals surface area contributed by atoms with Gasteiger partial charge in [0.2, 0.25) is 0 Å². The van der Waals surface area contributed by atoms with E-state index in [0.29, 0.717) is 0 Å². The summed E-state index contributed by atoms with van der Waals surface area (Å²) < 4.78 is 39.5. The van der Waals surface area contributed by atoms with Crippen molar-refractivity contribution in [2.75, 3.05) is 0 Å². The van der Waals surface area contributed by atoms with Crippen LogP contribution in [0.1, 0.15) is 19.4 Å². The minimum Gasteiger partial charge on any atom is -0.406 e. The average molecular weight is 246 g/mol. The highest BCUT2D eigenvalue weighted by atomic mass is 19.4. The molecule has 0 radical (unpaired) electrons. The number of hydrogen-bond acceptors (Lipinski definition) is 2. The van der Waals surface area contributed by atoms with Crippen LogP contribution in [0.15, 0.2) is 30.3 Å². The van der Waals surface area contributed by atoms with Gasteiger partial charge in [-0.2, -0.15) is 0 Å². The number of rotatable bonds is 3. The first-order valence-corrected chi connectivity index (χ1v) is 5.00. The third-order valence-electron chi connectivity index (χ3n) is 2.03. The van der Waals surface area contributed by atoms with Gasteiger partial charge in [-0.3, -0.25) is 0 Å². The van der Waals surface area contributed by atoms with Crippen LogP contribution in [0.4, 0.5) is 13.2 Å². The molecule has 1 aromatic rings. The molecule has 0 aliphatic heterocycles. The van der Waals surface area contributed by atoms with E-state index in [2.05, 4.69) is 4.74 Å². The lowest BCUT2D eigenvalue weighted by Gasteiger charge is -2.09. The van der Waals surface area contributed by atoms with Crippen LogP contribution in [0.5, 0.6) is 5.75 Å². The molecule has 1 rings (SSSR count). The van der Waals surface area contributed by atoms with Gasteiger partial charge >= 0.3 is 6.36 Å². The smallest absolute Gasteiger partial charge is 0.406 e. The van der Waals surface area contributed by atoms with Gasteiger partial charge < -0.3 is 9.84 Å². The van der Waals surface area contributed by atoms with Crippen LogP contribution in [0, 0.1) is 0 Å². The first-order chi connectivity index (χ1) is 7.78. The molecule has 1 N–H and O–H groups in total. The first-order valence-electron chi connectivity index (χ1n) is 5.00. The van der Waals surface area contributed by atoms with Gasteiger partial charge in [0.1, 0.15) is 5.75 Å². The number of aliphatic hydroxyl groups is 1. The van der Waals surface area contributed by atoms with Crippen molar-refractivity contribution in [2.45, 2.75) is 26.3 Å². The van der Waals surface area contributed by atoms with Crippen molar-refractivity contribution in [1.29, 1.82) is 0 Å². The van der Waals surface area contributed by atoms with Crippen molar-refractivity contribution in [2.24, 2.45) is 0 Å². The van der Waals surface area contributed by atoms with E-state index in [1.807, 2.05) is 0 Å². The Morgan fingerprint density at radius 2 is 1.82 bits per heavy atom. The van der Waals surface area contributed by atoms with E-state index in [9.17, 15) is 13.2 Å². The van der Waals surface area contributed by atoms with E-state index in [-0.39, 0.29) is 5.75 Å². The third-order valence-corrected chi connectivity index (χ3v) is 2.03. The summed E-state index contributed by atoms with van der Waals surface area (Å²) in [5.74, 6) is -0.258. The Hall–Kier alpha value is -1.49. The Morgan fingerprint density at radius 3 is 2.24 bits per heavy atom. The van der Waals surface area contributed by atoms with Gasteiger partial charge in [-0.15, -0.1) is 13.2 Å². The molecular formula is C12H13F3O2. The van der Waals surface area contributed by atoms with E-state index < -0.39 is 12.5 Å². The average Bonchev–Trinajstić information content (AvgIpc) is 2.15. The third kappa shape index (κ3) is 4.91.